The Balaban J connectivity index is 2.10. The zero-order valence-corrected chi connectivity index (χ0v) is 12.0. The number of halogens is 1. The van der Waals surface area contributed by atoms with Crippen LogP contribution >= 0.6 is 23.8 Å². The van der Waals surface area contributed by atoms with E-state index >= 15 is 0 Å². The Labute approximate surface area is 117 Å². The van der Waals surface area contributed by atoms with Crippen LogP contribution in [0.15, 0.2) is 18.2 Å². The summed E-state index contributed by atoms with van der Waals surface area (Å²) in [5.41, 5.74) is 2.23. The molecule has 0 bridgehead atoms. The molecule has 0 amide bonds. The van der Waals surface area contributed by atoms with Crippen LogP contribution in [-0.4, -0.2) is 9.55 Å². The summed E-state index contributed by atoms with van der Waals surface area (Å²) in [5, 5.41) is 0.753. The van der Waals surface area contributed by atoms with Gasteiger partial charge in [0.2, 0.25) is 0 Å². The second-order valence-electron chi connectivity index (χ2n) is 5.39. The number of imidazole rings is 1. The summed E-state index contributed by atoms with van der Waals surface area (Å²) < 4.78 is 3.11. The molecule has 1 aromatic carbocycles. The molecule has 1 heterocycles. The third-order valence-corrected chi connectivity index (χ3v) is 4.49. The van der Waals surface area contributed by atoms with E-state index in [0.29, 0.717) is 6.04 Å². The first-order chi connectivity index (χ1) is 8.65. The van der Waals surface area contributed by atoms with E-state index in [9.17, 15) is 0 Å². The second-order valence-corrected chi connectivity index (χ2v) is 6.21. The van der Waals surface area contributed by atoms with Gasteiger partial charge in [0.15, 0.2) is 4.77 Å². The Kier molecular flexibility index (Phi) is 3.20. The van der Waals surface area contributed by atoms with Crippen LogP contribution in [0.1, 0.15) is 38.6 Å². The molecule has 0 spiro atoms. The minimum absolute atomic E-state index is 0.538. The van der Waals surface area contributed by atoms with Crippen molar-refractivity contribution in [1.29, 1.82) is 0 Å². The number of hydrogen-bond donors (Lipinski definition) is 1. The lowest BCUT2D eigenvalue weighted by molar-refractivity contribution is 0.285. The first-order valence-electron chi connectivity index (χ1n) is 6.55. The predicted molar refractivity (Wildman–Crippen MR) is 78.8 cm³/mol. The third-order valence-electron chi connectivity index (χ3n) is 3.95. The Morgan fingerprint density at radius 1 is 1.39 bits per heavy atom. The lowest BCUT2D eigenvalue weighted by Crippen LogP contribution is -2.17. The molecule has 2 atom stereocenters. The van der Waals surface area contributed by atoms with Gasteiger partial charge in [0.1, 0.15) is 0 Å². The van der Waals surface area contributed by atoms with Crippen LogP contribution in [0.3, 0.4) is 0 Å². The average Bonchev–Trinajstić information content (AvgIpc) is 2.64. The van der Waals surface area contributed by atoms with E-state index in [1.54, 1.807) is 0 Å². The highest BCUT2D eigenvalue weighted by Crippen LogP contribution is 2.34. The van der Waals surface area contributed by atoms with Gasteiger partial charge in [-0.1, -0.05) is 31.4 Å². The summed E-state index contributed by atoms with van der Waals surface area (Å²) in [7, 11) is 0. The van der Waals surface area contributed by atoms with Crippen molar-refractivity contribution in [3.63, 3.8) is 0 Å². The van der Waals surface area contributed by atoms with Gasteiger partial charge in [-0.25, -0.2) is 0 Å². The SMILES string of the molecule is CC1CCCC(n2c(=S)[nH]c3cc(Cl)ccc32)C1. The van der Waals surface area contributed by atoms with Crippen molar-refractivity contribution in [2.45, 2.75) is 38.6 Å². The van der Waals surface area contributed by atoms with Crippen LogP contribution in [-0.2, 0) is 0 Å². The van der Waals surface area contributed by atoms with Gasteiger partial charge >= 0.3 is 0 Å². The van der Waals surface area contributed by atoms with Crippen molar-refractivity contribution in [1.82, 2.24) is 9.55 Å². The lowest BCUT2D eigenvalue weighted by atomic mass is 9.87. The van der Waals surface area contributed by atoms with E-state index in [2.05, 4.69) is 22.5 Å². The Bertz CT molecular complexity index is 628. The van der Waals surface area contributed by atoms with E-state index in [-0.39, 0.29) is 0 Å². The van der Waals surface area contributed by atoms with Gasteiger partial charge in [-0.2, -0.15) is 0 Å². The molecule has 1 saturated carbocycles. The number of nitrogens with zero attached hydrogens (tertiary/aromatic N) is 1. The molecule has 1 fully saturated rings. The number of benzene rings is 1. The predicted octanol–water partition coefficient (Wildman–Crippen LogP) is 5.10. The van der Waals surface area contributed by atoms with Crippen molar-refractivity contribution < 1.29 is 0 Å². The standard InChI is InChI=1S/C14H17ClN2S/c1-9-3-2-4-11(7-9)17-13-6-5-10(15)8-12(13)16-14(17)18/h5-6,8-9,11H,2-4,7H2,1H3,(H,16,18). The third kappa shape index (κ3) is 2.10. The van der Waals surface area contributed by atoms with Gasteiger partial charge in [0.05, 0.1) is 11.0 Å². The van der Waals surface area contributed by atoms with E-state index in [4.69, 9.17) is 23.8 Å². The molecule has 2 unspecified atom stereocenters. The van der Waals surface area contributed by atoms with Crippen LogP contribution in [0.25, 0.3) is 11.0 Å². The minimum Gasteiger partial charge on any atom is -0.331 e. The first kappa shape index (κ1) is 12.2. The maximum absolute atomic E-state index is 6.03. The molecule has 4 heteroatoms. The maximum atomic E-state index is 6.03. The molecule has 1 aliphatic carbocycles. The van der Waals surface area contributed by atoms with Gasteiger partial charge in [-0.3, -0.25) is 0 Å². The van der Waals surface area contributed by atoms with Gasteiger partial charge in [-0.05, 0) is 49.2 Å². The van der Waals surface area contributed by atoms with Crippen molar-refractivity contribution in [2.75, 3.05) is 0 Å². The van der Waals surface area contributed by atoms with Crippen LogP contribution in [0.2, 0.25) is 5.02 Å². The molecule has 96 valence electrons. The summed E-state index contributed by atoms with van der Waals surface area (Å²) in [4.78, 5) is 3.27. The summed E-state index contributed by atoms with van der Waals surface area (Å²) >= 11 is 11.5. The fourth-order valence-electron chi connectivity index (χ4n) is 3.10. The number of rotatable bonds is 1. The highest BCUT2D eigenvalue weighted by molar-refractivity contribution is 7.71. The normalized spacial score (nSPS) is 24.6. The molecule has 1 aromatic heterocycles. The van der Waals surface area contributed by atoms with Crippen molar-refractivity contribution in [3.05, 3.63) is 28.0 Å². The van der Waals surface area contributed by atoms with E-state index < -0.39 is 0 Å². The van der Waals surface area contributed by atoms with Crippen LogP contribution < -0.4 is 0 Å². The van der Waals surface area contributed by atoms with Crippen LogP contribution in [0.5, 0.6) is 0 Å². The maximum Gasteiger partial charge on any atom is 0.178 e. The second kappa shape index (κ2) is 4.71. The molecule has 3 rings (SSSR count). The zero-order valence-electron chi connectivity index (χ0n) is 10.4. The summed E-state index contributed by atoms with van der Waals surface area (Å²) in [5.74, 6) is 0.794. The van der Waals surface area contributed by atoms with Crippen molar-refractivity contribution in [3.8, 4) is 0 Å². The Morgan fingerprint density at radius 2 is 2.22 bits per heavy atom. The van der Waals surface area contributed by atoms with Gasteiger partial charge in [0.25, 0.3) is 0 Å². The Morgan fingerprint density at radius 3 is 3.00 bits per heavy atom. The molecular formula is C14H17ClN2S. The van der Waals surface area contributed by atoms with Crippen LogP contribution in [0.4, 0.5) is 0 Å². The monoisotopic (exact) mass is 280 g/mol. The number of fused-ring (bicyclic) bond motifs is 1. The molecule has 0 aliphatic heterocycles. The van der Waals surface area contributed by atoms with E-state index in [0.717, 1.165) is 21.2 Å². The average molecular weight is 281 g/mol. The largest absolute Gasteiger partial charge is 0.331 e. The summed E-state index contributed by atoms with van der Waals surface area (Å²) in [6.45, 7) is 2.33. The number of hydrogen-bond acceptors (Lipinski definition) is 1. The Hall–Kier alpha value is -0.800. The molecule has 0 radical (unpaired) electrons. The van der Waals surface area contributed by atoms with Crippen molar-refractivity contribution >= 4 is 34.9 Å². The molecule has 0 saturated heterocycles. The number of H-pyrrole nitrogens is 1. The summed E-state index contributed by atoms with van der Waals surface area (Å²) in [6, 6.07) is 6.50. The first-order valence-corrected chi connectivity index (χ1v) is 7.33. The topological polar surface area (TPSA) is 20.7 Å². The zero-order chi connectivity index (χ0) is 12.7. The highest BCUT2D eigenvalue weighted by atomic mass is 35.5. The minimum atomic E-state index is 0.538. The molecular weight excluding hydrogens is 264 g/mol. The quantitative estimate of drug-likeness (QED) is 0.721. The van der Waals surface area contributed by atoms with E-state index in [1.807, 2.05) is 12.1 Å². The molecule has 18 heavy (non-hydrogen) atoms. The highest BCUT2D eigenvalue weighted by Gasteiger charge is 2.22. The molecule has 2 nitrogen and oxygen atoms in total. The number of aromatic amines is 1. The van der Waals surface area contributed by atoms with Gasteiger partial charge < -0.3 is 9.55 Å². The van der Waals surface area contributed by atoms with Crippen molar-refractivity contribution in [2.24, 2.45) is 5.92 Å². The fourth-order valence-corrected chi connectivity index (χ4v) is 3.63. The molecule has 1 aliphatic rings. The van der Waals surface area contributed by atoms with Gasteiger partial charge in [0, 0.05) is 11.1 Å². The fraction of sp³-hybridized carbons (Fsp3) is 0.500. The molecule has 1 N–H and O–H groups in total. The summed E-state index contributed by atoms with van der Waals surface area (Å²) in [6.07, 6.45) is 5.10. The smallest absolute Gasteiger partial charge is 0.178 e. The van der Waals surface area contributed by atoms with Gasteiger partial charge in [-0.15, -0.1) is 0 Å². The van der Waals surface area contributed by atoms with E-state index in [1.165, 1.54) is 31.2 Å². The molecule has 2 aromatic rings. The lowest BCUT2D eigenvalue weighted by Gasteiger charge is -2.28. The number of nitrogens with one attached hydrogen (secondary N) is 1. The number of aromatic nitrogens is 2. The van der Waals surface area contributed by atoms with Crippen LogP contribution in [0, 0.1) is 10.7 Å².